The van der Waals surface area contributed by atoms with Crippen LogP contribution in [0.5, 0.6) is 0 Å². The van der Waals surface area contributed by atoms with Crippen LogP contribution in [-0.4, -0.2) is 11.3 Å². The second-order valence-corrected chi connectivity index (χ2v) is 5.20. The predicted molar refractivity (Wildman–Crippen MR) is 79.1 cm³/mol. The zero-order valence-corrected chi connectivity index (χ0v) is 11.8. The molecule has 0 amide bonds. The van der Waals surface area contributed by atoms with Crippen LogP contribution in [0.2, 0.25) is 5.02 Å². The molecule has 3 aromatic rings. The first kappa shape index (κ1) is 14.7. The fourth-order valence-electron chi connectivity index (χ4n) is 2.44. The highest BCUT2D eigenvalue weighted by molar-refractivity contribution is 6.30. The molecule has 2 nitrogen and oxygen atoms in total. The first-order valence-electron chi connectivity index (χ1n) is 6.35. The number of nitrogens with one attached hydrogen (secondary N) is 1. The summed E-state index contributed by atoms with van der Waals surface area (Å²) in [4.78, 5) is 14.1. The van der Waals surface area contributed by atoms with Crippen molar-refractivity contribution < 1.29 is 18.0 Å². The Morgan fingerprint density at radius 2 is 1.73 bits per heavy atom. The summed E-state index contributed by atoms with van der Waals surface area (Å²) in [5, 5.41) is 0.748. The topological polar surface area (TPSA) is 32.9 Å². The molecule has 2 aromatic carbocycles. The van der Waals surface area contributed by atoms with Gasteiger partial charge in [-0.05, 0) is 23.8 Å². The quantitative estimate of drug-likeness (QED) is 0.636. The average Bonchev–Trinajstić information content (AvgIpc) is 2.85. The summed E-state index contributed by atoms with van der Waals surface area (Å²) in [6.07, 6.45) is -3.94. The Kier molecular flexibility index (Phi) is 3.45. The van der Waals surface area contributed by atoms with Crippen molar-refractivity contribution in [3.05, 3.63) is 58.6 Å². The minimum absolute atomic E-state index is 0.0953. The lowest BCUT2D eigenvalue weighted by atomic mass is 10.0. The lowest BCUT2D eigenvalue weighted by Gasteiger charge is -2.07. The van der Waals surface area contributed by atoms with Crippen LogP contribution in [0.3, 0.4) is 0 Å². The first-order chi connectivity index (χ1) is 10.4. The van der Waals surface area contributed by atoms with Crippen LogP contribution in [-0.2, 0) is 6.18 Å². The van der Waals surface area contributed by atoms with Gasteiger partial charge in [0.05, 0.1) is 16.8 Å². The van der Waals surface area contributed by atoms with E-state index in [1.54, 1.807) is 24.3 Å². The summed E-state index contributed by atoms with van der Waals surface area (Å²) in [6.45, 7) is 0. The number of hydrogen-bond donors (Lipinski definition) is 1. The van der Waals surface area contributed by atoms with Gasteiger partial charge in [0.25, 0.3) is 0 Å². The molecule has 0 radical (unpaired) electrons. The van der Waals surface area contributed by atoms with E-state index in [9.17, 15) is 18.0 Å². The predicted octanol–water partition coefficient (Wildman–Crippen LogP) is 5.32. The zero-order valence-electron chi connectivity index (χ0n) is 11.0. The van der Waals surface area contributed by atoms with Crippen molar-refractivity contribution in [2.45, 2.75) is 6.18 Å². The maximum atomic E-state index is 13.1. The van der Waals surface area contributed by atoms with Gasteiger partial charge in [-0.15, -0.1) is 0 Å². The molecule has 22 heavy (non-hydrogen) atoms. The van der Waals surface area contributed by atoms with E-state index in [-0.39, 0.29) is 16.5 Å². The molecular formula is C16H9ClF3NO. The second-order valence-electron chi connectivity index (χ2n) is 4.76. The highest BCUT2D eigenvalue weighted by atomic mass is 35.5. The van der Waals surface area contributed by atoms with Crippen molar-refractivity contribution in [1.29, 1.82) is 0 Å². The van der Waals surface area contributed by atoms with E-state index in [4.69, 9.17) is 11.6 Å². The van der Waals surface area contributed by atoms with E-state index in [0.29, 0.717) is 22.6 Å². The molecule has 0 unspecified atom stereocenters. The van der Waals surface area contributed by atoms with Gasteiger partial charge in [-0.1, -0.05) is 35.9 Å². The van der Waals surface area contributed by atoms with Crippen molar-refractivity contribution in [2.75, 3.05) is 0 Å². The Morgan fingerprint density at radius 1 is 1.05 bits per heavy atom. The number of H-pyrrole nitrogens is 1. The van der Waals surface area contributed by atoms with Crippen molar-refractivity contribution in [1.82, 2.24) is 4.98 Å². The van der Waals surface area contributed by atoms with Crippen LogP contribution in [0.4, 0.5) is 13.2 Å². The van der Waals surface area contributed by atoms with Crippen LogP contribution < -0.4 is 0 Å². The van der Waals surface area contributed by atoms with Gasteiger partial charge >= 0.3 is 6.18 Å². The van der Waals surface area contributed by atoms with Gasteiger partial charge in [-0.2, -0.15) is 13.2 Å². The molecule has 112 valence electrons. The summed E-state index contributed by atoms with van der Waals surface area (Å²) < 4.78 is 39.3. The average molecular weight is 324 g/mol. The van der Waals surface area contributed by atoms with Crippen molar-refractivity contribution in [3.8, 4) is 11.3 Å². The van der Waals surface area contributed by atoms with Gasteiger partial charge in [0.1, 0.15) is 0 Å². The summed E-state index contributed by atoms with van der Waals surface area (Å²) in [6, 6.07) is 10.3. The Balaban J connectivity index is 2.32. The van der Waals surface area contributed by atoms with Crippen LogP contribution in [0.15, 0.2) is 42.5 Å². The van der Waals surface area contributed by atoms with E-state index in [1.807, 2.05) is 0 Å². The van der Waals surface area contributed by atoms with Gasteiger partial charge in [0.15, 0.2) is 6.29 Å². The summed E-state index contributed by atoms with van der Waals surface area (Å²) in [7, 11) is 0. The van der Waals surface area contributed by atoms with Gasteiger partial charge in [0.2, 0.25) is 0 Å². The number of halogens is 4. The fraction of sp³-hybridized carbons (Fsp3) is 0.0625. The Labute approximate surface area is 128 Å². The molecule has 1 N–H and O–H groups in total. The van der Waals surface area contributed by atoms with E-state index in [1.165, 1.54) is 12.1 Å². The van der Waals surface area contributed by atoms with E-state index in [2.05, 4.69) is 4.98 Å². The van der Waals surface area contributed by atoms with Crippen LogP contribution in [0.1, 0.15) is 15.9 Å². The molecule has 0 spiro atoms. The molecule has 0 saturated heterocycles. The molecule has 6 heteroatoms. The summed E-state index contributed by atoms with van der Waals surface area (Å²) >= 11 is 5.81. The third-order valence-corrected chi connectivity index (χ3v) is 3.68. The molecule has 0 bridgehead atoms. The monoisotopic (exact) mass is 323 g/mol. The molecule has 3 rings (SSSR count). The van der Waals surface area contributed by atoms with Gasteiger partial charge < -0.3 is 4.98 Å². The number of rotatable bonds is 2. The van der Waals surface area contributed by atoms with Crippen molar-refractivity contribution in [2.24, 2.45) is 0 Å². The SMILES string of the molecule is O=Cc1c(-c2ccc(Cl)cc2)[nH]c2c(C(F)(F)F)cccc12. The van der Waals surface area contributed by atoms with E-state index in [0.717, 1.165) is 6.07 Å². The molecule has 0 atom stereocenters. The number of carbonyl (C=O) groups is 1. The maximum Gasteiger partial charge on any atom is 0.418 e. The van der Waals surface area contributed by atoms with Crippen molar-refractivity contribution >= 4 is 28.8 Å². The van der Waals surface area contributed by atoms with Gasteiger partial charge in [-0.3, -0.25) is 4.79 Å². The number of fused-ring (bicyclic) bond motifs is 1. The molecular weight excluding hydrogens is 315 g/mol. The summed E-state index contributed by atoms with van der Waals surface area (Å²) in [5.41, 5.74) is 0.243. The smallest absolute Gasteiger partial charge is 0.353 e. The number of hydrogen-bond acceptors (Lipinski definition) is 1. The minimum Gasteiger partial charge on any atom is -0.353 e. The number of aldehydes is 1. The first-order valence-corrected chi connectivity index (χ1v) is 6.72. The highest BCUT2D eigenvalue weighted by Gasteiger charge is 2.33. The summed E-state index contributed by atoms with van der Waals surface area (Å²) in [5.74, 6) is 0. The third-order valence-electron chi connectivity index (χ3n) is 3.43. The molecule has 0 saturated carbocycles. The standard InChI is InChI=1S/C16H9ClF3NO/c17-10-6-4-9(5-7-10)14-12(8-22)11-2-1-3-13(15(11)21-14)16(18,19)20/h1-8,21H. The number of aromatic amines is 1. The molecule has 1 aromatic heterocycles. The molecule has 0 aliphatic heterocycles. The Bertz CT molecular complexity index is 850. The number of aromatic nitrogens is 1. The maximum absolute atomic E-state index is 13.1. The van der Waals surface area contributed by atoms with Crippen molar-refractivity contribution in [3.63, 3.8) is 0 Å². The lowest BCUT2D eigenvalue weighted by molar-refractivity contribution is -0.136. The number of carbonyl (C=O) groups excluding carboxylic acids is 1. The molecule has 0 fully saturated rings. The number of benzene rings is 2. The van der Waals surface area contributed by atoms with E-state index < -0.39 is 11.7 Å². The highest BCUT2D eigenvalue weighted by Crippen LogP contribution is 2.38. The third kappa shape index (κ3) is 2.37. The number of alkyl halides is 3. The van der Waals surface area contributed by atoms with Gasteiger partial charge in [-0.25, -0.2) is 0 Å². The fourth-order valence-corrected chi connectivity index (χ4v) is 2.57. The molecule has 1 heterocycles. The van der Waals surface area contributed by atoms with Crippen LogP contribution in [0.25, 0.3) is 22.2 Å². The van der Waals surface area contributed by atoms with Crippen LogP contribution >= 0.6 is 11.6 Å². The van der Waals surface area contributed by atoms with Gasteiger partial charge in [0, 0.05) is 16.0 Å². The lowest BCUT2D eigenvalue weighted by Crippen LogP contribution is -2.05. The zero-order chi connectivity index (χ0) is 15.9. The second kappa shape index (κ2) is 5.18. The normalized spacial score (nSPS) is 11.8. The van der Waals surface area contributed by atoms with Crippen LogP contribution in [0, 0.1) is 0 Å². The van der Waals surface area contributed by atoms with E-state index >= 15 is 0 Å². The molecule has 0 aliphatic carbocycles. The Morgan fingerprint density at radius 3 is 2.32 bits per heavy atom. The number of para-hydroxylation sites is 1. The Hall–Kier alpha value is -2.27. The minimum atomic E-state index is -4.50. The molecule has 0 aliphatic rings. The largest absolute Gasteiger partial charge is 0.418 e.